The normalized spacial score (nSPS) is 11.4. The largest absolute Gasteiger partial charge is 0.465 e. The molecule has 8 aromatic rings. The van der Waals surface area contributed by atoms with E-state index in [1.165, 1.54) is 38.2 Å². The predicted octanol–water partition coefficient (Wildman–Crippen LogP) is 9.11. The van der Waals surface area contributed by atoms with E-state index >= 15 is 0 Å². The highest BCUT2D eigenvalue weighted by molar-refractivity contribution is 9.10. The Morgan fingerprint density at radius 3 is 1.54 bits per heavy atom. The first kappa shape index (κ1) is 45.3. The van der Waals surface area contributed by atoms with E-state index in [0.717, 1.165) is 47.8 Å². The maximum Gasteiger partial charge on any atom is 0.416 e. The van der Waals surface area contributed by atoms with Crippen molar-refractivity contribution in [2.45, 2.75) is 25.2 Å². The van der Waals surface area contributed by atoms with Gasteiger partial charge in [-0.25, -0.2) is 54.6 Å². The maximum absolute atomic E-state index is 13.0. The monoisotopic (exact) mass is 960 g/mol. The third-order valence-corrected chi connectivity index (χ3v) is 9.57. The number of carbonyl (C=O) groups excluding carboxylic acids is 1. The molecule has 0 saturated carbocycles. The highest BCUT2D eigenvalue weighted by atomic mass is 79.9. The molecule has 0 amide bonds. The molecule has 2 N–H and O–H groups in total. The van der Waals surface area contributed by atoms with E-state index in [4.69, 9.17) is 14.2 Å². The SMILES string of the molecule is COC(=O)c1cc(CCNc2ncnc3nccnc23)ccc1Oc1cc(C(F)(F)F)ccn1.FC(F)(F)c1ccnc(Oc2ccc(CCNc3ncnc4nccnc34)cc2Br)c1. The molecule has 332 valence electrons. The number of alkyl halides is 6. The first-order valence-corrected chi connectivity index (χ1v) is 19.8. The Labute approximate surface area is 372 Å². The molecule has 6 aromatic heterocycles. The summed E-state index contributed by atoms with van der Waals surface area (Å²) in [5.74, 6) is 0.351. The summed E-state index contributed by atoms with van der Waals surface area (Å²) in [5.41, 5.74) is 2.12. The Morgan fingerprint density at radius 2 is 1.05 bits per heavy atom. The number of rotatable bonds is 13. The number of hydrogen-bond donors (Lipinski definition) is 2. The summed E-state index contributed by atoms with van der Waals surface area (Å²) in [6, 6.07) is 13.4. The van der Waals surface area contributed by atoms with Gasteiger partial charge in [0.25, 0.3) is 0 Å². The number of aromatic nitrogens is 10. The molecular weight excluding hydrogens is 930 g/mol. The van der Waals surface area contributed by atoms with Crippen molar-refractivity contribution in [2.75, 3.05) is 30.8 Å². The Balaban J connectivity index is 0.000000195. The zero-order chi connectivity index (χ0) is 46.0. The number of halogens is 7. The summed E-state index contributed by atoms with van der Waals surface area (Å²) in [6.45, 7) is 1.02. The maximum atomic E-state index is 13.0. The lowest BCUT2D eigenvalue weighted by atomic mass is 10.1. The van der Waals surface area contributed by atoms with Crippen molar-refractivity contribution >= 4 is 55.9 Å². The van der Waals surface area contributed by atoms with Gasteiger partial charge in [0.05, 0.1) is 22.7 Å². The van der Waals surface area contributed by atoms with Gasteiger partial charge in [0.15, 0.2) is 22.9 Å². The second-order valence-corrected chi connectivity index (χ2v) is 14.2. The number of anilines is 2. The van der Waals surface area contributed by atoms with Crippen LogP contribution in [-0.2, 0) is 29.9 Å². The van der Waals surface area contributed by atoms with Gasteiger partial charge in [-0.05, 0) is 76.3 Å². The van der Waals surface area contributed by atoms with Crippen LogP contribution in [-0.4, -0.2) is 76.0 Å². The number of benzene rings is 2. The van der Waals surface area contributed by atoms with Gasteiger partial charge in [0, 0.05) is 62.4 Å². The molecule has 6 heterocycles. The third-order valence-electron chi connectivity index (χ3n) is 8.95. The molecule has 0 unspecified atom stereocenters. The predicted molar refractivity (Wildman–Crippen MR) is 225 cm³/mol. The second-order valence-electron chi connectivity index (χ2n) is 13.3. The number of nitrogens with one attached hydrogen (secondary N) is 2. The van der Waals surface area contributed by atoms with Crippen LogP contribution in [0.3, 0.4) is 0 Å². The topological polar surface area (TPSA) is 198 Å². The van der Waals surface area contributed by atoms with E-state index in [1.54, 1.807) is 30.6 Å². The third kappa shape index (κ3) is 11.9. The highest BCUT2D eigenvalue weighted by Crippen LogP contribution is 2.35. The number of ether oxygens (including phenoxy) is 3. The second kappa shape index (κ2) is 20.2. The van der Waals surface area contributed by atoms with Gasteiger partial charge in [0.1, 0.15) is 40.8 Å². The Hall–Kier alpha value is -7.69. The summed E-state index contributed by atoms with van der Waals surface area (Å²) in [4.78, 5) is 53.2. The molecule has 23 heteroatoms. The van der Waals surface area contributed by atoms with Crippen LogP contribution in [0.2, 0.25) is 0 Å². The van der Waals surface area contributed by atoms with Crippen LogP contribution in [0.5, 0.6) is 23.3 Å². The van der Waals surface area contributed by atoms with Crippen LogP contribution < -0.4 is 20.1 Å². The molecule has 0 spiro atoms. The fourth-order valence-electron chi connectivity index (χ4n) is 5.88. The molecule has 16 nitrogen and oxygen atoms in total. The molecule has 65 heavy (non-hydrogen) atoms. The van der Waals surface area contributed by atoms with Crippen LogP contribution in [0.4, 0.5) is 38.0 Å². The van der Waals surface area contributed by atoms with E-state index in [9.17, 15) is 31.1 Å². The van der Waals surface area contributed by atoms with E-state index in [2.05, 4.69) is 76.4 Å². The van der Waals surface area contributed by atoms with Crippen LogP contribution in [0.15, 0.2) is 115 Å². The van der Waals surface area contributed by atoms with Gasteiger partial charge < -0.3 is 24.8 Å². The first-order chi connectivity index (χ1) is 31.2. The van der Waals surface area contributed by atoms with Crippen LogP contribution in [0.25, 0.3) is 22.3 Å². The minimum absolute atomic E-state index is 0.0208. The standard InChI is InChI=1S/C22H17F3N6O3.C20H14BrF3N6O/c1-33-21(32)15-10-13(4-6-28-19-18-20(31-12-30-19)29-9-8-27-18)2-3-16(15)34-17-11-14(5-7-26-17)22(23,24)25;21-14-9-12(3-5-27-18-17-19(30-11-29-18)28-8-7-26-17)1-2-15(14)31-16-10-13(4-6-25-16)20(22,23)24/h2-3,5,7-12H,4,6H2,1H3,(H,28,29,30,31);1-2,4,6-11H,3,5H2,(H,27,28,29,30). The molecule has 0 aliphatic rings. The number of hydrogen-bond acceptors (Lipinski definition) is 16. The van der Waals surface area contributed by atoms with Crippen molar-refractivity contribution < 1.29 is 45.3 Å². The summed E-state index contributed by atoms with van der Waals surface area (Å²) in [6.07, 6.45) is 3.19. The van der Waals surface area contributed by atoms with Crippen LogP contribution >= 0.6 is 15.9 Å². The molecule has 0 aliphatic carbocycles. The van der Waals surface area contributed by atoms with E-state index < -0.39 is 29.4 Å². The fraction of sp³-hybridized carbons (Fsp3) is 0.167. The molecule has 0 saturated heterocycles. The summed E-state index contributed by atoms with van der Waals surface area (Å²) in [7, 11) is 1.20. The van der Waals surface area contributed by atoms with Crippen LogP contribution in [0, 0.1) is 0 Å². The lowest BCUT2D eigenvalue weighted by Gasteiger charge is -2.13. The average molecular weight is 962 g/mol. The van der Waals surface area contributed by atoms with Crippen molar-refractivity contribution in [1.82, 2.24) is 49.8 Å². The van der Waals surface area contributed by atoms with Crippen molar-refractivity contribution in [3.63, 3.8) is 0 Å². The van der Waals surface area contributed by atoms with Gasteiger partial charge in [-0.1, -0.05) is 12.1 Å². The number of carbonyl (C=O) groups is 1. The van der Waals surface area contributed by atoms with E-state index in [1.807, 2.05) is 12.1 Å². The smallest absolute Gasteiger partial charge is 0.416 e. The molecule has 2 aromatic carbocycles. The quantitative estimate of drug-likeness (QED) is 0.0819. The molecular formula is C42H31BrF6N12O4. The van der Waals surface area contributed by atoms with Gasteiger partial charge >= 0.3 is 18.3 Å². The minimum Gasteiger partial charge on any atom is -0.465 e. The van der Waals surface area contributed by atoms with Gasteiger partial charge in [-0.15, -0.1) is 0 Å². The molecule has 0 fully saturated rings. The van der Waals surface area contributed by atoms with Crippen molar-refractivity contribution in [3.05, 3.63) is 143 Å². The number of esters is 1. The van der Waals surface area contributed by atoms with Crippen molar-refractivity contribution in [1.29, 1.82) is 0 Å². The molecule has 0 aliphatic heterocycles. The molecule has 0 atom stereocenters. The minimum atomic E-state index is -4.55. The lowest BCUT2D eigenvalue weighted by Crippen LogP contribution is -2.10. The average Bonchev–Trinajstić information content (AvgIpc) is 3.30. The molecule has 0 bridgehead atoms. The Morgan fingerprint density at radius 1 is 0.569 bits per heavy atom. The first-order valence-electron chi connectivity index (χ1n) is 19.0. The zero-order valence-electron chi connectivity index (χ0n) is 33.5. The molecule has 0 radical (unpaired) electrons. The number of fused-ring (bicyclic) bond motifs is 2. The molecule has 8 rings (SSSR count). The van der Waals surface area contributed by atoms with E-state index in [-0.39, 0.29) is 23.1 Å². The van der Waals surface area contributed by atoms with E-state index in [0.29, 0.717) is 70.1 Å². The number of methoxy groups -OCH3 is 1. The fourth-order valence-corrected chi connectivity index (χ4v) is 6.39. The summed E-state index contributed by atoms with van der Waals surface area (Å²) in [5, 5.41) is 6.37. The van der Waals surface area contributed by atoms with Gasteiger partial charge in [-0.2, -0.15) is 26.3 Å². The van der Waals surface area contributed by atoms with Gasteiger partial charge in [-0.3, -0.25) is 0 Å². The van der Waals surface area contributed by atoms with Gasteiger partial charge in [0.2, 0.25) is 11.8 Å². The number of nitrogens with zero attached hydrogens (tertiary/aromatic N) is 10. The van der Waals surface area contributed by atoms with Crippen molar-refractivity contribution in [3.8, 4) is 23.3 Å². The number of pyridine rings is 2. The summed E-state index contributed by atoms with van der Waals surface area (Å²) < 4.78 is 93.9. The Bertz CT molecular complexity index is 2940. The highest BCUT2D eigenvalue weighted by Gasteiger charge is 2.32. The Kier molecular flexibility index (Phi) is 14.1. The zero-order valence-corrected chi connectivity index (χ0v) is 35.1. The lowest BCUT2D eigenvalue weighted by molar-refractivity contribution is -0.138. The van der Waals surface area contributed by atoms with Crippen LogP contribution in [0.1, 0.15) is 32.6 Å². The summed E-state index contributed by atoms with van der Waals surface area (Å²) >= 11 is 3.40. The van der Waals surface area contributed by atoms with Crippen molar-refractivity contribution in [2.24, 2.45) is 0 Å².